The molecule has 0 spiro atoms. The summed E-state index contributed by atoms with van der Waals surface area (Å²) in [4.78, 5) is 31.9. The number of aromatic nitrogens is 4. The van der Waals surface area contributed by atoms with Gasteiger partial charge in [-0.1, -0.05) is 20.8 Å². The van der Waals surface area contributed by atoms with Crippen molar-refractivity contribution in [2.45, 2.75) is 52.2 Å². The van der Waals surface area contributed by atoms with E-state index >= 15 is 0 Å². The van der Waals surface area contributed by atoms with Crippen LogP contribution in [0.3, 0.4) is 0 Å². The van der Waals surface area contributed by atoms with Crippen LogP contribution in [0.4, 0.5) is 5.95 Å². The van der Waals surface area contributed by atoms with Gasteiger partial charge in [0.2, 0.25) is 5.95 Å². The highest BCUT2D eigenvalue weighted by Crippen LogP contribution is 2.30. The van der Waals surface area contributed by atoms with Gasteiger partial charge in [0.05, 0.1) is 12.7 Å². The zero-order valence-corrected chi connectivity index (χ0v) is 14.4. The summed E-state index contributed by atoms with van der Waals surface area (Å²) < 4.78 is 8.05. The Balaban J connectivity index is 2.27. The number of fused-ring (bicyclic) bond motifs is 1. The molecule has 2 aromatic heterocycles. The largest absolute Gasteiger partial charge is 0.394 e. The standard InChI is InChI=1S/C15H23N5O5/c1-15(2,3)6-19-9-10(17-13(16)18-11(9)23)20(14(19)24)12-8(22)4-7(5-21)25-12/h7-8,12,21-22H,4-6H2,1-3H3,(H3,16,17,18,23). The normalized spacial score (nSPS) is 24.3. The number of hydrogen-bond acceptors (Lipinski definition) is 7. The topological polar surface area (TPSA) is 148 Å². The van der Waals surface area contributed by atoms with Crippen LogP contribution in [0.5, 0.6) is 0 Å². The van der Waals surface area contributed by atoms with Crippen molar-refractivity contribution in [3.8, 4) is 0 Å². The lowest BCUT2D eigenvalue weighted by Gasteiger charge is -2.18. The number of aliphatic hydroxyl groups is 2. The SMILES string of the molecule is CC(C)(C)Cn1c(=O)n(C2OC(CO)CC2O)c2nc(N)[nH]c(=O)c21. The maximum absolute atomic E-state index is 13.0. The number of aromatic amines is 1. The number of nitrogens with two attached hydrogens (primary N) is 1. The van der Waals surface area contributed by atoms with Gasteiger partial charge in [-0.05, 0) is 5.41 Å². The predicted octanol–water partition coefficient (Wildman–Crippen LogP) is -0.845. The molecular weight excluding hydrogens is 330 g/mol. The Kier molecular flexibility index (Phi) is 4.21. The molecule has 2 aromatic rings. The van der Waals surface area contributed by atoms with Gasteiger partial charge in [-0.15, -0.1) is 0 Å². The Labute approximate surface area is 142 Å². The first-order valence-corrected chi connectivity index (χ1v) is 8.07. The van der Waals surface area contributed by atoms with Gasteiger partial charge >= 0.3 is 5.69 Å². The van der Waals surface area contributed by atoms with Gasteiger partial charge in [0.15, 0.2) is 17.4 Å². The fourth-order valence-corrected chi connectivity index (χ4v) is 3.13. The van der Waals surface area contributed by atoms with E-state index in [0.29, 0.717) is 0 Å². The van der Waals surface area contributed by atoms with E-state index < -0.39 is 29.7 Å². The molecule has 10 nitrogen and oxygen atoms in total. The number of ether oxygens (including phenoxy) is 1. The average Bonchev–Trinajstić information content (AvgIpc) is 2.96. The zero-order valence-electron chi connectivity index (χ0n) is 14.4. The maximum atomic E-state index is 13.0. The third-order valence-electron chi connectivity index (χ3n) is 4.09. The molecule has 5 N–H and O–H groups in total. The van der Waals surface area contributed by atoms with Crippen molar-refractivity contribution in [2.75, 3.05) is 12.3 Å². The molecule has 0 aromatic carbocycles. The molecule has 138 valence electrons. The van der Waals surface area contributed by atoms with E-state index in [9.17, 15) is 19.8 Å². The molecule has 0 saturated carbocycles. The molecule has 3 rings (SSSR count). The van der Waals surface area contributed by atoms with Crippen molar-refractivity contribution in [3.05, 3.63) is 20.8 Å². The van der Waals surface area contributed by atoms with Crippen LogP contribution in [-0.2, 0) is 11.3 Å². The van der Waals surface area contributed by atoms with E-state index in [1.165, 1.54) is 4.57 Å². The minimum absolute atomic E-state index is 0.0538. The second-order valence-corrected chi connectivity index (χ2v) is 7.56. The van der Waals surface area contributed by atoms with Crippen molar-refractivity contribution in [2.24, 2.45) is 5.41 Å². The Morgan fingerprint density at radius 1 is 1.40 bits per heavy atom. The fraction of sp³-hybridized carbons (Fsp3) is 0.667. The van der Waals surface area contributed by atoms with Crippen molar-refractivity contribution >= 4 is 17.1 Å². The molecular formula is C15H23N5O5. The van der Waals surface area contributed by atoms with Gasteiger partial charge in [0.25, 0.3) is 5.56 Å². The molecule has 25 heavy (non-hydrogen) atoms. The summed E-state index contributed by atoms with van der Waals surface area (Å²) in [6.45, 7) is 5.80. The molecule has 0 amide bonds. The number of rotatable bonds is 3. The van der Waals surface area contributed by atoms with Crippen LogP contribution >= 0.6 is 0 Å². The number of nitrogen functional groups attached to an aromatic ring is 1. The molecule has 10 heteroatoms. The summed E-state index contributed by atoms with van der Waals surface area (Å²) in [5.74, 6) is -0.134. The van der Waals surface area contributed by atoms with Crippen LogP contribution < -0.4 is 17.0 Å². The Morgan fingerprint density at radius 3 is 2.64 bits per heavy atom. The smallest absolute Gasteiger partial charge is 0.332 e. The zero-order chi connectivity index (χ0) is 18.5. The molecule has 0 aliphatic carbocycles. The molecule has 0 bridgehead atoms. The second-order valence-electron chi connectivity index (χ2n) is 7.56. The number of H-pyrrole nitrogens is 1. The summed E-state index contributed by atoms with van der Waals surface area (Å²) in [5, 5.41) is 19.5. The first-order chi connectivity index (χ1) is 11.6. The van der Waals surface area contributed by atoms with E-state index in [1.54, 1.807) is 0 Å². The average molecular weight is 353 g/mol. The molecule has 3 heterocycles. The van der Waals surface area contributed by atoms with Crippen LogP contribution in [0, 0.1) is 5.41 Å². The minimum atomic E-state index is -1.04. The minimum Gasteiger partial charge on any atom is -0.394 e. The fourth-order valence-electron chi connectivity index (χ4n) is 3.13. The van der Waals surface area contributed by atoms with Gasteiger partial charge in [-0.2, -0.15) is 4.98 Å². The van der Waals surface area contributed by atoms with Crippen LogP contribution in [0.2, 0.25) is 0 Å². The predicted molar refractivity (Wildman–Crippen MR) is 90.1 cm³/mol. The number of hydrogen-bond donors (Lipinski definition) is 4. The van der Waals surface area contributed by atoms with E-state index in [4.69, 9.17) is 10.5 Å². The first kappa shape index (κ1) is 17.6. The summed E-state index contributed by atoms with van der Waals surface area (Å²) in [6.07, 6.45) is -2.46. The molecule has 1 aliphatic heterocycles. The third-order valence-corrected chi connectivity index (χ3v) is 4.09. The lowest BCUT2D eigenvalue weighted by molar-refractivity contribution is -0.0506. The number of imidazole rings is 1. The molecule has 0 radical (unpaired) electrons. The highest BCUT2D eigenvalue weighted by atomic mass is 16.5. The Bertz CT molecular complexity index is 906. The summed E-state index contributed by atoms with van der Waals surface area (Å²) in [5.41, 5.74) is 4.44. The number of nitrogens with one attached hydrogen (secondary N) is 1. The van der Waals surface area contributed by atoms with Crippen molar-refractivity contribution in [3.63, 3.8) is 0 Å². The quantitative estimate of drug-likeness (QED) is 0.562. The van der Waals surface area contributed by atoms with Crippen molar-refractivity contribution in [1.29, 1.82) is 0 Å². The van der Waals surface area contributed by atoms with E-state index in [-0.39, 0.29) is 42.1 Å². The van der Waals surface area contributed by atoms with Crippen molar-refractivity contribution in [1.82, 2.24) is 19.1 Å². The second kappa shape index (κ2) is 5.97. The molecule has 3 atom stereocenters. The third kappa shape index (κ3) is 3.08. The summed E-state index contributed by atoms with van der Waals surface area (Å²) >= 11 is 0. The molecule has 3 unspecified atom stereocenters. The maximum Gasteiger partial charge on any atom is 0.332 e. The Hall–Kier alpha value is -2.17. The first-order valence-electron chi connectivity index (χ1n) is 8.07. The van der Waals surface area contributed by atoms with Gasteiger partial charge in [0.1, 0.15) is 6.10 Å². The van der Waals surface area contributed by atoms with Gasteiger partial charge < -0.3 is 20.7 Å². The lowest BCUT2D eigenvalue weighted by Crippen LogP contribution is -2.34. The van der Waals surface area contributed by atoms with Crippen LogP contribution in [-0.4, -0.2) is 48.1 Å². The molecule has 1 fully saturated rings. The lowest BCUT2D eigenvalue weighted by atomic mass is 9.97. The molecule has 1 aliphatic rings. The van der Waals surface area contributed by atoms with Gasteiger partial charge in [0, 0.05) is 13.0 Å². The van der Waals surface area contributed by atoms with E-state index in [1.807, 2.05) is 20.8 Å². The Morgan fingerprint density at radius 2 is 2.08 bits per heavy atom. The molecule has 1 saturated heterocycles. The summed E-state index contributed by atoms with van der Waals surface area (Å²) in [7, 11) is 0. The van der Waals surface area contributed by atoms with Gasteiger partial charge in [-0.25, -0.2) is 9.36 Å². The van der Waals surface area contributed by atoms with Gasteiger partial charge in [-0.3, -0.25) is 14.3 Å². The van der Waals surface area contributed by atoms with Crippen LogP contribution in [0.15, 0.2) is 9.59 Å². The van der Waals surface area contributed by atoms with Crippen LogP contribution in [0.1, 0.15) is 33.4 Å². The van der Waals surface area contributed by atoms with E-state index in [0.717, 1.165) is 4.57 Å². The number of nitrogens with zero attached hydrogens (tertiary/aromatic N) is 3. The van der Waals surface area contributed by atoms with Crippen molar-refractivity contribution < 1.29 is 14.9 Å². The monoisotopic (exact) mass is 353 g/mol. The van der Waals surface area contributed by atoms with E-state index in [2.05, 4.69) is 9.97 Å². The summed E-state index contributed by atoms with van der Waals surface area (Å²) in [6, 6.07) is 0. The highest BCUT2D eigenvalue weighted by molar-refractivity contribution is 5.71. The number of aliphatic hydroxyl groups excluding tert-OH is 2. The van der Waals surface area contributed by atoms with Crippen LogP contribution in [0.25, 0.3) is 11.2 Å². The number of anilines is 1. The highest BCUT2D eigenvalue weighted by Gasteiger charge is 2.38.